The number of aromatic nitrogens is 2. The highest BCUT2D eigenvalue weighted by molar-refractivity contribution is 5.97. The second-order valence-electron chi connectivity index (χ2n) is 8.60. The number of amides is 1. The molecule has 3 aromatic rings. The summed E-state index contributed by atoms with van der Waals surface area (Å²) in [5.41, 5.74) is 1.57. The van der Waals surface area contributed by atoms with Gasteiger partial charge in [-0.3, -0.25) is 4.79 Å². The van der Waals surface area contributed by atoms with Crippen molar-refractivity contribution in [2.75, 3.05) is 19.0 Å². The molecule has 5 rings (SSSR count). The third-order valence-electron chi connectivity index (χ3n) is 6.61. The molecule has 31 heavy (non-hydrogen) atoms. The Kier molecular flexibility index (Phi) is 5.02. The Labute approximate surface area is 180 Å². The van der Waals surface area contributed by atoms with Crippen LogP contribution in [0.25, 0.3) is 22.2 Å². The molecular weight excluding hydrogens is 394 g/mol. The van der Waals surface area contributed by atoms with Gasteiger partial charge in [-0.25, -0.2) is 0 Å². The molecule has 0 spiro atoms. The fourth-order valence-electron chi connectivity index (χ4n) is 4.91. The molecule has 2 saturated heterocycles. The second-order valence-corrected chi connectivity index (χ2v) is 8.60. The van der Waals surface area contributed by atoms with E-state index in [0.717, 1.165) is 24.0 Å². The maximum atomic E-state index is 11.8. The van der Waals surface area contributed by atoms with Gasteiger partial charge in [0, 0.05) is 49.2 Å². The van der Waals surface area contributed by atoms with Crippen molar-refractivity contribution in [3.05, 3.63) is 36.1 Å². The molecule has 162 valence electrons. The molecule has 8 heteroatoms. The van der Waals surface area contributed by atoms with E-state index in [-0.39, 0.29) is 17.4 Å². The van der Waals surface area contributed by atoms with E-state index in [1.807, 2.05) is 12.1 Å². The van der Waals surface area contributed by atoms with Crippen LogP contribution in [0.5, 0.6) is 5.75 Å². The predicted octanol–water partition coefficient (Wildman–Crippen LogP) is 3.06. The van der Waals surface area contributed by atoms with Crippen LogP contribution in [0.3, 0.4) is 0 Å². The van der Waals surface area contributed by atoms with E-state index in [9.17, 15) is 9.90 Å². The number of benzene rings is 1. The fraction of sp³-hybridized carbons (Fsp3) is 0.435. The second kappa shape index (κ2) is 7.85. The minimum atomic E-state index is -0.313. The number of anilines is 1. The Morgan fingerprint density at radius 1 is 1.19 bits per heavy atom. The number of carbonyl (C=O) groups is 1. The summed E-state index contributed by atoms with van der Waals surface area (Å²) >= 11 is 0. The molecule has 0 aliphatic carbocycles. The molecule has 0 saturated carbocycles. The summed E-state index contributed by atoms with van der Waals surface area (Å²) in [6.07, 6.45) is 6.08. The molecule has 4 heterocycles. The average molecular weight is 422 g/mol. The standard InChI is InChI=1S/C23H27N5O3/c1-24-23(30)21-9-13-8-17(19(29)12-20(13)31-21)18-6-7-22(27-26-18)28(2)16-10-14-4-3-5-15(11-16)25-14/h6-9,12,14-16,25,29H,3-5,10-11H2,1-2H3,(H,24,30)/t14-,15+,16-. The number of rotatable bonds is 4. The van der Waals surface area contributed by atoms with Crippen LogP contribution in [0.4, 0.5) is 5.82 Å². The highest BCUT2D eigenvalue weighted by Crippen LogP contribution is 2.35. The largest absolute Gasteiger partial charge is 0.507 e. The number of phenols is 1. The highest BCUT2D eigenvalue weighted by atomic mass is 16.3. The lowest BCUT2D eigenvalue weighted by Crippen LogP contribution is -2.54. The SMILES string of the molecule is CNC(=O)c1cc2cc(-c3ccc(N(C)[C@@H]4C[C@H]5CCC[C@@H](C4)N5)nn3)c(O)cc2o1. The Hall–Kier alpha value is -3.13. The number of hydrogen-bond acceptors (Lipinski definition) is 7. The molecule has 1 amide bonds. The number of piperidine rings is 2. The lowest BCUT2D eigenvalue weighted by molar-refractivity contribution is 0.0938. The van der Waals surface area contributed by atoms with Crippen molar-refractivity contribution in [1.29, 1.82) is 0 Å². The van der Waals surface area contributed by atoms with Gasteiger partial charge in [-0.15, -0.1) is 10.2 Å². The average Bonchev–Trinajstić information content (AvgIpc) is 3.20. The molecule has 2 aromatic heterocycles. The van der Waals surface area contributed by atoms with Gasteiger partial charge in [0.2, 0.25) is 0 Å². The van der Waals surface area contributed by atoms with Crippen LogP contribution in [0.1, 0.15) is 42.7 Å². The Bertz CT molecular complexity index is 1100. The van der Waals surface area contributed by atoms with E-state index < -0.39 is 0 Å². The topological polar surface area (TPSA) is 104 Å². The lowest BCUT2D eigenvalue weighted by Gasteiger charge is -2.43. The van der Waals surface area contributed by atoms with E-state index in [4.69, 9.17) is 4.42 Å². The van der Waals surface area contributed by atoms with Gasteiger partial charge in [-0.1, -0.05) is 6.42 Å². The van der Waals surface area contributed by atoms with Gasteiger partial charge >= 0.3 is 0 Å². The van der Waals surface area contributed by atoms with Gasteiger partial charge in [0.05, 0.1) is 5.69 Å². The first kappa shape index (κ1) is 19.8. The van der Waals surface area contributed by atoms with Crippen LogP contribution >= 0.6 is 0 Å². The van der Waals surface area contributed by atoms with Crippen molar-refractivity contribution in [3.63, 3.8) is 0 Å². The highest BCUT2D eigenvalue weighted by Gasteiger charge is 2.33. The number of fused-ring (bicyclic) bond motifs is 3. The predicted molar refractivity (Wildman–Crippen MR) is 118 cm³/mol. The Morgan fingerprint density at radius 3 is 2.65 bits per heavy atom. The van der Waals surface area contributed by atoms with Crippen molar-refractivity contribution in [1.82, 2.24) is 20.8 Å². The van der Waals surface area contributed by atoms with E-state index in [1.54, 1.807) is 19.2 Å². The van der Waals surface area contributed by atoms with Crippen LogP contribution in [0.15, 0.2) is 34.7 Å². The first-order valence-corrected chi connectivity index (χ1v) is 10.8. The van der Waals surface area contributed by atoms with Gasteiger partial charge in [-0.2, -0.15) is 0 Å². The maximum absolute atomic E-state index is 11.8. The Balaban J connectivity index is 1.38. The zero-order valence-electron chi connectivity index (χ0n) is 17.8. The molecule has 2 aliphatic rings. The number of aromatic hydroxyl groups is 1. The first-order valence-electron chi connectivity index (χ1n) is 10.8. The number of nitrogens with zero attached hydrogens (tertiary/aromatic N) is 3. The van der Waals surface area contributed by atoms with Crippen LogP contribution < -0.4 is 15.5 Å². The van der Waals surface area contributed by atoms with Crippen LogP contribution in [0.2, 0.25) is 0 Å². The quantitative estimate of drug-likeness (QED) is 0.595. The number of hydrogen-bond donors (Lipinski definition) is 3. The van der Waals surface area contributed by atoms with Crippen molar-refractivity contribution < 1.29 is 14.3 Å². The van der Waals surface area contributed by atoms with E-state index >= 15 is 0 Å². The van der Waals surface area contributed by atoms with E-state index in [0.29, 0.717) is 35.0 Å². The zero-order chi connectivity index (χ0) is 21.5. The summed E-state index contributed by atoms with van der Waals surface area (Å²) in [7, 11) is 3.63. The summed E-state index contributed by atoms with van der Waals surface area (Å²) in [6.45, 7) is 0. The fourth-order valence-corrected chi connectivity index (χ4v) is 4.91. The van der Waals surface area contributed by atoms with Crippen LogP contribution in [-0.4, -0.2) is 53.4 Å². The molecule has 2 aliphatic heterocycles. The van der Waals surface area contributed by atoms with Crippen molar-refractivity contribution in [2.45, 2.75) is 50.2 Å². The number of carbonyl (C=O) groups excluding carboxylic acids is 1. The molecule has 2 bridgehead atoms. The Morgan fingerprint density at radius 2 is 1.97 bits per heavy atom. The summed E-state index contributed by atoms with van der Waals surface area (Å²) < 4.78 is 5.52. The summed E-state index contributed by atoms with van der Waals surface area (Å²) in [5, 5.41) is 26.3. The summed E-state index contributed by atoms with van der Waals surface area (Å²) in [4.78, 5) is 14.1. The molecule has 3 N–H and O–H groups in total. The van der Waals surface area contributed by atoms with Crippen molar-refractivity contribution in [3.8, 4) is 17.0 Å². The monoisotopic (exact) mass is 421 g/mol. The van der Waals surface area contributed by atoms with Gasteiger partial charge in [0.15, 0.2) is 11.6 Å². The van der Waals surface area contributed by atoms with E-state index in [1.165, 1.54) is 25.3 Å². The molecule has 1 aromatic carbocycles. The van der Waals surface area contributed by atoms with Crippen LogP contribution in [0, 0.1) is 0 Å². The lowest BCUT2D eigenvalue weighted by atomic mass is 9.83. The third kappa shape index (κ3) is 3.72. The first-order chi connectivity index (χ1) is 15.0. The molecule has 2 fully saturated rings. The van der Waals surface area contributed by atoms with Gasteiger partial charge < -0.3 is 25.1 Å². The number of nitrogens with one attached hydrogen (secondary N) is 2. The minimum absolute atomic E-state index is 0.0342. The number of phenolic OH excluding ortho intramolecular Hbond substituents is 1. The van der Waals surface area contributed by atoms with Crippen molar-refractivity contribution >= 4 is 22.7 Å². The number of furan rings is 1. The molecule has 3 atom stereocenters. The normalized spacial score (nSPS) is 23.0. The molecule has 8 nitrogen and oxygen atoms in total. The van der Waals surface area contributed by atoms with Gasteiger partial charge in [-0.05, 0) is 49.9 Å². The minimum Gasteiger partial charge on any atom is -0.507 e. The van der Waals surface area contributed by atoms with Crippen molar-refractivity contribution in [2.24, 2.45) is 0 Å². The van der Waals surface area contributed by atoms with Gasteiger partial charge in [0.1, 0.15) is 11.3 Å². The molecule has 0 unspecified atom stereocenters. The van der Waals surface area contributed by atoms with E-state index in [2.05, 4.69) is 32.8 Å². The smallest absolute Gasteiger partial charge is 0.286 e. The zero-order valence-corrected chi connectivity index (χ0v) is 17.8. The molecule has 0 radical (unpaired) electrons. The maximum Gasteiger partial charge on any atom is 0.286 e. The summed E-state index contributed by atoms with van der Waals surface area (Å²) in [5.74, 6) is 0.752. The van der Waals surface area contributed by atoms with Crippen LogP contribution in [-0.2, 0) is 0 Å². The summed E-state index contributed by atoms with van der Waals surface area (Å²) in [6, 6.07) is 10.4. The molecular formula is C23H27N5O3. The third-order valence-corrected chi connectivity index (χ3v) is 6.61. The van der Waals surface area contributed by atoms with Gasteiger partial charge in [0.25, 0.3) is 5.91 Å².